The number of aliphatic carboxylic acids is 1. The molecule has 0 radical (unpaired) electrons. The van der Waals surface area contributed by atoms with Gasteiger partial charge in [-0.2, -0.15) is 0 Å². The van der Waals surface area contributed by atoms with Crippen molar-refractivity contribution < 1.29 is 27.8 Å². The number of hydrogen-bond donors (Lipinski definition) is 4. The monoisotopic (exact) mass is 716 g/mol. The number of aromatic nitrogens is 2. The summed E-state index contributed by atoms with van der Waals surface area (Å²) in [6, 6.07) is 32.7. The van der Waals surface area contributed by atoms with Crippen LogP contribution < -0.4 is 14.2 Å². The summed E-state index contributed by atoms with van der Waals surface area (Å²) >= 11 is 0. The Kier molecular flexibility index (Phi) is 10.3. The van der Waals surface area contributed by atoms with Gasteiger partial charge in [-0.25, -0.2) is 18.1 Å². The minimum Gasteiger partial charge on any atom is -0.488 e. The van der Waals surface area contributed by atoms with Crippen LogP contribution in [0.5, 0.6) is 11.5 Å². The van der Waals surface area contributed by atoms with Crippen molar-refractivity contribution in [3.63, 3.8) is 0 Å². The fraction of sp³-hybridized carbons (Fsp3) is 0.195. The van der Waals surface area contributed by atoms with Crippen molar-refractivity contribution in [2.45, 2.75) is 57.8 Å². The fourth-order valence-electron chi connectivity index (χ4n) is 5.81. The van der Waals surface area contributed by atoms with Crippen molar-refractivity contribution in [3.05, 3.63) is 131 Å². The highest BCUT2D eigenvalue weighted by atomic mass is 32.2. The van der Waals surface area contributed by atoms with Crippen LogP contribution in [0, 0.1) is 5.41 Å². The first-order valence-corrected chi connectivity index (χ1v) is 18.2. The fourth-order valence-corrected chi connectivity index (χ4v) is 7.25. The average Bonchev–Trinajstić information content (AvgIpc) is 3.53. The van der Waals surface area contributed by atoms with Gasteiger partial charge in [0.05, 0.1) is 27.9 Å². The molecule has 0 aliphatic carbocycles. The summed E-state index contributed by atoms with van der Waals surface area (Å²) in [6.07, 6.45) is -0.319. The Morgan fingerprint density at radius 3 is 2.06 bits per heavy atom. The second kappa shape index (κ2) is 14.8. The molecular weight excluding hydrogens is 677 g/mol. The first kappa shape index (κ1) is 36.0. The smallest absolute Gasteiger partial charge is 0.307 e. The van der Waals surface area contributed by atoms with Crippen LogP contribution in [0.25, 0.3) is 33.5 Å². The highest BCUT2D eigenvalue weighted by molar-refractivity contribution is 7.89. The number of nitrogens with zero attached hydrogens (tertiary/aromatic N) is 1. The molecule has 0 spiro atoms. The maximum absolute atomic E-state index is 13.7. The number of fused-ring (bicyclic) bond motifs is 1. The predicted molar refractivity (Wildman–Crippen MR) is 202 cm³/mol. The summed E-state index contributed by atoms with van der Waals surface area (Å²) in [5, 5.41) is 18.1. The Balaban J connectivity index is 1.61. The second-order valence-electron chi connectivity index (χ2n) is 13.6. The van der Waals surface area contributed by atoms with Crippen LogP contribution in [-0.2, 0) is 34.5 Å². The number of carboxylic acid groups (broad SMARTS) is 1. The number of sulfonamides is 1. The molecule has 0 saturated heterocycles. The van der Waals surface area contributed by atoms with Gasteiger partial charge >= 0.3 is 5.97 Å². The van der Waals surface area contributed by atoms with E-state index in [0.717, 1.165) is 16.7 Å². The number of hydrogen-bond acceptors (Lipinski definition) is 7. The first-order chi connectivity index (χ1) is 24.8. The van der Waals surface area contributed by atoms with E-state index in [1.165, 1.54) is 12.1 Å². The molecular formula is C41H40N4O6S. The molecule has 6 aromatic rings. The molecule has 6 rings (SSSR count). The zero-order valence-corrected chi connectivity index (χ0v) is 30.2. The first-order valence-electron chi connectivity index (χ1n) is 16.7. The zero-order chi connectivity index (χ0) is 37.0. The summed E-state index contributed by atoms with van der Waals surface area (Å²) in [5.41, 5.74) is 5.23. The largest absolute Gasteiger partial charge is 0.488 e. The van der Waals surface area contributed by atoms with Crippen LogP contribution in [-0.4, -0.2) is 40.7 Å². The number of carbonyl (C=O) groups is 1. The minimum absolute atomic E-state index is 0.00182. The number of rotatable bonds is 13. The third-order valence-corrected chi connectivity index (χ3v) is 9.88. The topological polar surface area (TPSA) is 154 Å². The zero-order valence-electron chi connectivity index (χ0n) is 29.4. The van der Waals surface area contributed by atoms with Gasteiger partial charge in [0.25, 0.3) is 0 Å². The van der Waals surface area contributed by atoms with E-state index in [0.29, 0.717) is 56.3 Å². The van der Waals surface area contributed by atoms with E-state index in [2.05, 4.69) is 9.71 Å². The van der Waals surface area contributed by atoms with Crippen LogP contribution in [0.1, 0.15) is 49.9 Å². The van der Waals surface area contributed by atoms with Gasteiger partial charge in [-0.1, -0.05) is 66.7 Å². The highest BCUT2D eigenvalue weighted by Crippen LogP contribution is 2.45. The van der Waals surface area contributed by atoms with Gasteiger partial charge in [0.15, 0.2) is 0 Å². The molecule has 0 atom stereocenters. The lowest BCUT2D eigenvalue weighted by molar-refractivity contribution is -0.136. The number of nitrogens with one attached hydrogen (secondary N) is 3. The minimum atomic E-state index is -4.00. The molecule has 11 heteroatoms. The lowest BCUT2D eigenvalue weighted by atomic mass is 9.95. The SMILES string of the molecule is CC(=N)c1ccc2nc(-c3cc(CC(=O)O)cc(-c4cc(S(=O)(=O)NC(C)(C)C)ccc4OCc4ccccc4)c3OCc3ccccc3)[nH]c2c1. The lowest BCUT2D eigenvalue weighted by Gasteiger charge is -2.22. The number of aromatic amines is 1. The lowest BCUT2D eigenvalue weighted by Crippen LogP contribution is -2.40. The molecule has 0 aliphatic heterocycles. The van der Waals surface area contributed by atoms with Crippen molar-refractivity contribution in [1.29, 1.82) is 5.41 Å². The molecule has 5 aromatic carbocycles. The highest BCUT2D eigenvalue weighted by Gasteiger charge is 2.26. The molecule has 0 amide bonds. The van der Waals surface area contributed by atoms with E-state index in [1.807, 2.05) is 78.9 Å². The van der Waals surface area contributed by atoms with Crippen LogP contribution in [0.2, 0.25) is 0 Å². The predicted octanol–water partition coefficient (Wildman–Crippen LogP) is 8.15. The van der Waals surface area contributed by atoms with Crippen molar-refractivity contribution in [2.24, 2.45) is 0 Å². The second-order valence-corrected chi connectivity index (χ2v) is 15.3. The van der Waals surface area contributed by atoms with Crippen molar-refractivity contribution in [2.75, 3.05) is 0 Å². The number of ether oxygens (including phenoxy) is 2. The summed E-state index contributed by atoms with van der Waals surface area (Å²) in [4.78, 5) is 20.4. The van der Waals surface area contributed by atoms with E-state index < -0.39 is 21.5 Å². The van der Waals surface area contributed by atoms with E-state index in [1.54, 1.807) is 45.9 Å². The van der Waals surface area contributed by atoms with Crippen molar-refractivity contribution >= 4 is 32.7 Å². The standard InChI is InChI=1S/C41H40N4O6S/c1-26(42)30-15-17-35-36(22-30)44-40(43-35)34-20-29(21-38(46)47)19-33(39(34)51-25-28-13-9-6-10-14-28)32-23-31(52(48,49)45-41(2,3)4)16-18-37(32)50-24-27-11-7-5-8-12-27/h5-20,22-23,42,45H,21,24-25H2,1-4H3,(H,43,44)(H,46,47). The van der Waals surface area contributed by atoms with Crippen molar-refractivity contribution in [3.8, 4) is 34.0 Å². The van der Waals surface area contributed by atoms with Crippen LogP contribution in [0.15, 0.2) is 114 Å². The van der Waals surface area contributed by atoms with E-state index >= 15 is 0 Å². The molecule has 10 nitrogen and oxygen atoms in total. The Labute approximate surface area is 303 Å². The number of carboxylic acids is 1. The molecule has 0 fully saturated rings. The maximum Gasteiger partial charge on any atom is 0.307 e. The molecule has 0 unspecified atom stereocenters. The van der Waals surface area contributed by atoms with E-state index in [4.69, 9.17) is 19.9 Å². The van der Waals surface area contributed by atoms with Gasteiger partial charge in [-0.3, -0.25) is 4.79 Å². The maximum atomic E-state index is 13.7. The van der Waals surface area contributed by atoms with Gasteiger partial charge in [0.2, 0.25) is 10.0 Å². The molecule has 1 aromatic heterocycles. The molecule has 0 bridgehead atoms. The van der Waals surface area contributed by atoms with Gasteiger partial charge < -0.3 is 25.0 Å². The van der Waals surface area contributed by atoms with E-state index in [-0.39, 0.29) is 24.5 Å². The number of imidazole rings is 1. The Morgan fingerprint density at radius 2 is 1.44 bits per heavy atom. The summed E-state index contributed by atoms with van der Waals surface area (Å²) in [7, 11) is -4.00. The molecule has 0 saturated carbocycles. The van der Waals surface area contributed by atoms with Crippen LogP contribution in [0.4, 0.5) is 0 Å². The third kappa shape index (κ3) is 8.56. The average molecular weight is 717 g/mol. The summed E-state index contributed by atoms with van der Waals surface area (Å²) in [5.74, 6) is 0.0914. The molecule has 0 aliphatic rings. The third-order valence-electron chi connectivity index (χ3n) is 8.13. The van der Waals surface area contributed by atoms with Gasteiger partial charge in [-0.05, 0) is 92.4 Å². The Bertz CT molecular complexity index is 2370. The number of benzene rings is 5. The Hall–Kier alpha value is -5.78. The van der Waals surface area contributed by atoms with Gasteiger partial charge in [-0.15, -0.1) is 0 Å². The van der Waals surface area contributed by atoms with E-state index in [9.17, 15) is 18.3 Å². The van der Waals surface area contributed by atoms with Crippen molar-refractivity contribution in [1.82, 2.24) is 14.7 Å². The molecule has 266 valence electrons. The summed E-state index contributed by atoms with van der Waals surface area (Å²) in [6.45, 7) is 7.35. The molecule has 52 heavy (non-hydrogen) atoms. The van der Waals surface area contributed by atoms with Gasteiger partial charge in [0, 0.05) is 22.4 Å². The summed E-state index contributed by atoms with van der Waals surface area (Å²) < 4.78 is 43.2. The van der Waals surface area contributed by atoms with Gasteiger partial charge in [0.1, 0.15) is 30.5 Å². The van der Waals surface area contributed by atoms with Crippen LogP contribution in [0.3, 0.4) is 0 Å². The molecule has 4 N–H and O–H groups in total. The quantitative estimate of drug-likeness (QED) is 0.0880. The number of H-pyrrole nitrogens is 1. The molecule has 1 heterocycles. The normalized spacial score (nSPS) is 11.8. The Morgan fingerprint density at radius 1 is 0.808 bits per heavy atom. The van der Waals surface area contributed by atoms with Crippen LogP contribution >= 0.6 is 0 Å².